The first-order valence-corrected chi connectivity index (χ1v) is 5.89. The molecule has 1 aromatic carbocycles. The van der Waals surface area contributed by atoms with Crippen LogP contribution >= 0.6 is 0 Å². The largest absolute Gasteiger partial charge is 0.481 e. The fraction of sp³-hybridized carbons (Fsp3) is 0.385. The molecular formula is C13H17FN2O3. The van der Waals surface area contributed by atoms with E-state index in [9.17, 15) is 14.0 Å². The van der Waals surface area contributed by atoms with Crippen molar-refractivity contribution in [2.24, 2.45) is 11.8 Å². The second kappa shape index (κ2) is 6.17. The van der Waals surface area contributed by atoms with Crippen LogP contribution in [0.1, 0.15) is 24.2 Å². The summed E-state index contributed by atoms with van der Waals surface area (Å²) in [7, 11) is 0. The minimum atomic E-state index is -0.984. The van der Waals surface area contributed by atoms with Crippen LogP contribution in [0.15, 0.2) is 18.2 Å². The van der Waals surface area contributed by atoms with Gasteiger partial charge in [0.15, 0.2) is 0 Å². The molecule has 1 rings (SSSR count). The maximum absolute atomic E-state index is 13.0. The smallest absolute Gasteiger partial charge is 0.308 e. The number of benzene rings is 1. The highest BCUT2D eigenvalue weighted by Crippen LogP contribution is 2.14. The number of nitrogens with two attached hydrogens (primary N) is 1. The lowest BCUT2D eigenvalue weighted by Crippen LogP contribution is -2.35. The number of hydrogen-bond donors (Lipinski definition) is 3. The SMILES string of the molecule is CC(C)C(CNC(=O)c1cc(F)ccc1N)C(=O)O. The maximum Gasteiger partial charge on any atom is 0.308 e. The van der Waals surface area contributed by atoms with Crippen molar-refractivity contribution < 1.29 is 19.1 Å². The number of carboxylic acids is 1. The predicted octanol–water partition coefficient (Wildman–Crippen LogP) is 1.49. The molecule has 0 radical (unpaired) electrons. The normalized spacial score (nSPS) is 12.2. The molecule has 19 heavy (non-hydrogen) atoms. The number of halogens is 1. The lowest BCUT2D eigenvalue weighted by Gasteiger charge is -2.17. The molecule has 1 aromatic rings. The Bertz CT molecular complexity index is 489. The van der Waals surface area contributed by atoms with Gasteiger partial charge in [-0.15, -0.1) is 0 Å². The highest BCUT2D eigenvalue weighted by atomic mass is 19.1. The summed E-state index contributed by atoms with van der Waals surface area (Å²) in [6.45, 7) is 3.48. The molecule has 0 fully saturated rings. The highest BCUT2D eigenvalue weighted by molar-refractivity contribution is 5.99. The van der Waals surface area contributed by atoms with E-state index in [1.165, 1.54) is 6.07 Å². The van der Waals surface area contributed by atoms with Crippen molar-refractivity contribution >= 4 is 17.6 Å². The standard InChI is InChI=1S/C13H17FN2O3/c1-7(2)10(13(18)19)6-16-12(17)9-5-8(14)3-4-11(9)15/h3-5,7,10H,6,15H2,1-2H3,(H,16,17)(H,18,19). The van der Waals surface area contributed by atoms with Crippen molar-refractivity contribution in [2.75, 3.05) is 12.3 Å². The first-order valence-electron chi connectivity index (χ1n) is 5.89. The fourth-order valence-corrected chi connectivity index (χ4v) is 1.63. The van der Waals surface area contributed by atoms with E-state index in [1.807, 2.05) is 0 Å². The van der Waals surface area contributed by atoms with Crippen LogP contribution in [-0.2, 0) is 4.79 Å². The number of carbonyl (C=O) groups is 2. The zero-order valence-electron chi connectivity index (χ0n) is 10.8. The number of rotatable bonds is 5. The van der Waals surface area contributed by atoms with E-state index in [0.29, 0.717) is 0 Å². The number of nitrogens with one attached hydrogen (secondary N) is 1. The second-order valence-electron chi connectivity index (χ2n) is 4.63. The number of amides is 1. The van der Waals surface area contributed by atoms with Crippen molar-refractivity contribution in [3.63, 3.8) is 0 Å². The topological polar surface area (TPSA) is 92.4 Å². The zero-order valence-corrected chi connectivity index (χ0v) is 10.8. The van der Waals surface area contributed by atoms with Crippen LogP contribution in [0.2, 0.25) is 0 Å². The lowest BCUT2D eigenvalue weighted by molar-refractivity contribution is -0.142. The summed E-state index contributed by atoms with van der Waals surface area (Å²) in [4.78, 5) is 22.8. The van der Waals surface area contributed by atoms with Gasteiger partial charge in [0.05, 0.1) is 11.5 Å². The third-order valence-corrected chi connectivity index (χ3v) is 2.86. The molecule has 0 aliphatic carbocycles. The molecule has 104 valence electrons. The number of aliphatic carboxylic acids is 1. The van der Waals surface area contributed by atoms with Crippen molar-refractivity contribution in [1.82, 2.24) is 5.32 Å². The van der Waals surface area contributed by atoms with Gasteiger partial charge in [-0.25, -0.2) is 4.39 Å². The van der Waals surface area contributed by atoms with Gasteiger partial charge in [-0.3, -0.25) is 9.59 Å². The second-order valence-corrected chi connectivity index (χ2v) is 4.63. The third kappa shape index (κ3) is 3.94. The average Bonchev–Trinajstić information content (AvgIpc) is 2.31. The molecular weight excluding hydrogens is 251 g/mol. The van der Waals surface area contributed by atoms with Gasteiger partial charge in [0.25, 0.3) is 5.91 Å². The summed E-state index contributed by atoms with van der Waals surface area (Å²) in [5.74, 6) is -2.95. The van der Waals surface area contributed by atoms with Gasteiger partial charge >= 0.3 is 5.97 Å². The lowest BCUT2D eigenvalue weighted by atomic mass is 9.96. The first kappa shape index (κ1) is 14.9. The minimum Gasteiger partial charge on any atom is -0.481 e. The van der Waals surface area contributed by atoms with Crippen LogP contribution in [0.25, 0.3) is 0 Å². The maximum atomic E-state index is 13.0. The Morgan fingerprint density at radius 3 is 2.58 bits per heavy atom. The van der Waals surface area contributed by atoms with Gasteiger partial charge in [-0.2, -0.15) is 0 Å². The summed E-state index contributed by atoms with van der Waals surface area (Å²) in [5.41, 5.74) is 5.73. The van der Waals surface area contributed by atoms with Crippen LogP contribution < -0.4 is 11.1 Å². The molecule has 0 bridgehead atoms. The van der Waals surface area contributed by atoms with E-state index in [-0.39, 0.29) is 23.7 Å². The Morgan fingerprint density at radius 2 is 2.05 bits per heavy atom. The summed E-state index contributed by atoms with van der Waals surface area (Å²) in [6, 6.07) is 3.47. The fourth-order valence-electron chi connectivity index (χ4n) is 1.63. The summed E-state index contributed by atoms with van der Waals surface area (Å²) in [6.07, 6.45) is 0. The Labute approximate surface area is 110 Å². The van der Waals surface area contributed by atoms with Crippen molar-refractivity contribution in [1.29, 1.82) is 0 Å². The van der Waals surface area contributed by atoms with Crippen LogP contribution in [0.4, 0.5) is 10.1 Å². The molecule has 0 saturated carbocycles. The van der Waals surface area contributed by atoms with Gasteiger partial charge in [-0.1, -0.05) is 13.8 Å². The molecule has 1 unspecified atom stereocenters. The Hall–Kier alpha value is -2.11. The first-order chi connectivity index (χ1) is 8.82. The molecule has 1 amide bonds. The minimum absolute atomic E-state index is 0.00731. The molecule has 1 atom stereocenters. The molecule has 6 heteroatoms. The average molecular weight is 268 g/mol. The predicted molar refractivity (Wildman–Crippen MR) is 69.1 cm³/mol. The summed E-state index contributed by atoms with van der Waals surface area (Å²) in [5, 5.41) is 11.5. The summed E-state index contributed by atoms with van der Waals surface area (Å²) >= 11 is 0. The third-order valence-electron chi connectivity index (χ3n) is 2.86. The molecule has 4 N–H and O–H groups in total. The van der Waals surface area contributed by atoms with Crippen LogP contribution in [0.5, 0.6) is 0 Å². The van der Waals surface area contributed by atoms with Crippen LogP contribution in [0, 0.1) is 17.7 Å². The van der Waals surface area contributed by atoms with E-state index in [0.717, 1.165) is 12.1 Å². The molecule has 0 aliphatic rings. The number of nitrogen functional groups attached to an aromatic ring is 1. The Morgan fingerprint density at radius 1 is 1.42 bits per heavy atom. The number of carboxylic acid groups (broad SMARTS) is 1. The summed E-state index contributed by atoms with van der Waals surface area (Å²) < 4.78 is 13.0. The number of hydrogen-bond acceptors (Lipinski definition) is 3. The molecule has 0 saturated heterocycles. The highest BCUT2D eigenvalue weighted by Gasteiger charge is 2.22. The van der Waals surface area contributed by atoms with Crippen LogP contribution in [-0.4, -0.2) is 23.5 Å². The number of carbonyl (C=O) groups excluding carboxylic acids is 1. The monoisotopic (exact) mass is 268 g/mol. The van der Waals surface area contributed by atoms with Crippen molar-refractivity contribution in [2.45, 2.75) is 13.8 Å². The van der Waals surface area contributed by atoms with Gasteiger partial charge in [0, 0.05) is 12.2 Å². The van der Waals surface area contributed by atoms with E-state index in [4.69, 9.17) is 10.8 Å². The Balaban J connectivity index is 2.75. The molecule has 0 aromatic heterocycles. The molecule has 0 aliphatic heterocycles. The van der Waals surface area contributed by atoms with Gasteiger partial charge < -0.3 is 16.2 Å². The van der Waals surface area contributed by atoms with E-state index in [1.54, 1.807) is 13.8 Å². The van der Waals surface area contributed by atoms with Gasteiger partial charge in [0.1, 0.15) is 5.82 Å². The quantitative estimate of drug-likeness (QED) is 0.705. The zero-order chi connectivity index (χ0) is 14.6. The van der Waals surface area contributed by atoms with Crippen LogP contribution in [0.3, 0.4) is 0 Å². The van der Waals surface area contributed by atoms with E-state index < -0.39 is 23.6 Å². The van der Waals surface area contributed by atoms with E-state index in [2.05, 4.69) is 5.32 Å². The molecule has 0 spiro atoms. The Kier molecular flexibility index (Phi) is 4.86. The van der Waals surface area contributed by atoms with Crippen molar-refractivity contribution in [3.05, 3.63) is 29.6 Å². The van der Waals surface area contributed by atoms with Gasteiger partial charge in [-0.05, 0) is 24.1 Å². The molecule has 5 nitrogen and oxygen atoms in total. The van der Waals surface area contributed by atoms with E-state index >= 15 is 0 Å². The van der Waals surface area contributed by atoms with Crippen molar-refractivity contribution in [3.8, 4) is 0 Å². The number of anilines is 1. The molecule has 0 heterocycles. The van der Waals surface area contributed by atoms with Gasteiger partial charge in [0.2, 0.25) is 0 Å².